The summed E-state index contributed by atoms with van der Waals surface area (Å²) in [7, 11) is -4.66. The normalized spacial score (nSPS) is 21.0. The van der Waals surface area contributed by atoms with Crippen molar-refractivity contribution in [2.75, 3.05) is 0 Å². The van der Waals surface area contributed by atoms with Crippen molar-refractivity contribution in [3.63, 3.8) is 0 Å². The SMILES string of the molecule is C=N/C(=N\C=C(/C)c1cc(CNC(=O)[C@@H]2C[C@@H](F)[C@H](C)N2S(=O)(=O)c2ccc(F)c(F)c2)c(F)cn1)C(F)(F)F. The lowest BCUT2D eigenvalue weighted by Crippen LogP contribution is -2.48. The number of rotatable bonds is 7. The predicted octanol–water partition coefficient (Wildman–Crippen LogP) is 4.33. The Balaban J connectivity index is 1.83. The number of amides is 1. The highest BCUT2D eigenvalue weighted by Crippen LogP contribution is 2.33. The highest BCUT2D eigenvalue weighted by atomic mass is 32.2. The molecule has 2 heterocycles. The van der Waals surface area contributed by atoms with Crippen LogP contribution in [0.1, 0.15) is 31.5 Å². The van der Waals surface area contributed by atoms with Crippen molar-refractivity contribution in [3.8, 4) is 0 Å². The molecule has 1 saturated heterocycles. The van der Waals surface area contributed by atoms with Crippen molar-refractivity contribution in [1.82, 2.24) is 14.6 Å². The summed E-state index contributed by atoms with van der Waals surface area (Å²) in [5, 5.41) is 2.31. The van der Waals surface area contributed by atoms with Crippen LogP contribution in [-0.2, 0) is 21.4 Å². The number of halogens is 7. The molecular weight excluding hydrogens is 571 g/mol. The van der Waals surface area contributed by atoms with Crippen molar-refractivity contribution in [2.24, 2.45) is 9.98 Å². The number of benzene rings is 1. The summed E-state index contributed by atoms with van der Waals surface area (Å²) >= 11 is 0. The lowest BCUT2D eigenvalue weighted by molar-refractivity contribution is -0.124. The summed E-state index contributed by atoms with van der Waals surface area (Å²) in [5.74, 6) is -6.18. The van der Waals surface area contributed by atoms with E-state index in [4.69, 9.17) is 0 Å². The Labute approximate surface area is 224 Å². The molecule has 0 saturated carbocycles. The number of nitrogens with zero attached hydrogens (tertiary/aromatic N) is 4. The van der Waals surface area contributed by atoms with E-state index < -0.39 is 81.5 Å². The number of sulfonamides is 1. The van der Waals surface area contributed by atoms with Gasteiger partial charge in [0.15, 0.2) is 11.6 Å². The van der Waals surface area contributed by atoms with Crippen molar-refractivity contribution < 1.29 is 43.9 Å². The summed E-state index contributed by atoms with van der Waals surface area (Å²) in [6, 6.07) is -0.0505. The van der Waals surface area contributed by atoms with Crippen LogP contribution in [0, 0.1) is 17.5 Å². The van der Waals surface area contributed by atoms with E-state index in [1.54, 1.807) is 0 Å². The van der Waals surface area contributed by atoms with Crippen LogP contribution in [0.2, 0.25) is 0 Å². The molecule has 8 nitrogen and oxygen atoms in total. The van der Waals surface area contributed by atoms with Gasteiger partial charge in [-0.25, -0.2) is 36.0 Å². The first-order valence-electron chi connectivity index (χ1n) is 11.4. The predicted molar refractivity (Wildman–Crippen MR) is 131 cm³/mol. The van der Waals surface area contributed by atoms with Crippen molar-refractivity contribution >= 4 is 34.1 Å². The van der Waals surface area contributed by atoms with Gasteiger partial charge in [0.1, 0.15) is 18.0 Å². The Morgan fingerprint density at radius 1 is 1.20 bits per heavy atom. The molecule has 0 spiro atoms. The number of carbonyl (C=O) groups excluding carboxylic acids is 1. The molecule has 0 aliphatic carbocycles. The second kappa shape index (κ2) is 11.8. The van der Waals surface area contributed by atoms with Gasteiger partial charge >= 0.3 is 6.18 Å². The van der Waals surface area contributed by atoms with E-state index in [0.717, 1.165) is 24.5 Å². The quantitative estimate of drug-likeness (QED) is 0.293. The minimum absolute atomic E-state index is 0.000775. The van der Waals surface area contributed by atoms with E-state index in [9.17, 15) is 43.9 Å². The number of pyridine rings is 1. The van der Waals surface area contributed by atoms with Crippen molar-refractivity contribution in [2.45, 2.75) is 56.1 Å². The van der Waals surface area contributed by atoms with Gasteiger partial charge in [-0.3, -0.25) is 9.78 Å². The number of hydrogen-bond acceptors (Lipinski definition) is 5. The maximum Gasteiger partial charge on any atom is 0.451 e. The Morgan fingerprint density at radius 3 is 2.48 bits per heavy atom. The molecule has 1 aromatic heterocycles. The molecular formula is C24H22F7N5O3S. The average molecular weight is 594 g/mol. The first-order chi connectivity index (χ1) is 18.6. The topological polar surface area (TPSA) is 104 Å². The molecule has 3 rings (SSSR count). The van der Waals surface area contributed by atoms with E-state index in [1.165, 1.54) is 13.8 Å². The average Bonchev–Trinajstić information content (AvgIpc) is 3.19. The third-order valence-corrected chi connectivity index (χ3v) is 8.02. The van der Waals surface area contributed by atoms with E-state index in [2.05, 4.69) is 27.0 Å². The van der Waals surface area contributed by atoms with Gasteiger partial charge in [-0.15, -0.1) is 0 Å². The lowest BCUT2D eigenvalue weighted by atomic mass is 10.1. The molecule has 1 aliphatic heterocycles. The fourth-order valence-corrected chi connectivity index (χ4v) is 5.71. The molecule has 1 aromatic carbocycles. The van der Waals surface area contributed by atoms with Crippen LogP contribution >= 0.6 is 0 Å². The summed E-state index contributed by atoms with van der Waals surface area (Å²) in [5.41, 5.74) is -0.0988. The molecule has 216 valence electrons. The van der Waals surface area contributed by atoms with Crippen LogP contribution in [0.3, 0.4) is 0 Å². The zero-order chi connectivity index (χ0) is 30.0. The zero-order valence-corrected chi connectivity index (χ0v) is 21.7. The molecule has 1 fully saturated rings. The van der Waals surface area contributed by atoms with Gasteiger partial charge in [-0.2, -0.15) is 17.5 Å². The Hall–Kier alpha value is -3.66. The molecule has 1 amide bonds. The molecule has 0 radical (unpaired) electrons. The molecule has 2 aromatic rings. The van der Waals surface area contributed by atoms with Crippen LogP contribution in [0.15, 0.2) is 51.5 Å². The first-order valence-corrected chi connectivity index (χ1v) is 12.9. The fraction of sp³-hybridized carbons (Fsp3) is 0.333. The standard InChI is InChI=1S/C24H22F7N5O3S/c1-12(9-35-23(32-3)24(29,30)31)20-6-14(19(28)11-33-20)10-34-22(37)21-8-17(26)13(2)36(21)40(38,39)15-4-5-16(25)18(27)7-15/h4-7,9,11,13,17,21H,3,8,10H2,1-2H3,(H,34,37)/b12-9+,35-23-/t13-,17+,21-/m0/s1. The maximum absolute atomic E-state index is 14.6. The van der Waals surface area contributed by atoms with Gasteiger partial charge in [-0.05, 0) is 50.4 Å². The van der Waals surface area contributed by atoms with Crippen LogP contribution in [0.25, 0.3) is 5.57 Å². The zero-order valence-electron chi connectivity index (χ0n) is 20.9. The number of nitrogens with one attached hydrogen (secondary N) is 1. The molecule has 16 heteroatoms. The fourth-order valence-electron chi connectivity index (χ4n) is 3.88. The third-order valence-electron chi connectivity index (χ3n) is 6.03. The number of allylic oxidation sites excluding steroid dienone is 1. The van der Waals surface area contributed by atoms with Gasteiger partial charge in [0, 0.05) is 24.7 Å². The molecule has 0 unspecified atom stereocenters. The Morgan fingerprint density at radius 2 is 1.88 bits per heavy atom. The molecule has 1 N–H and O–H groups in total. The van der Waals surface area contributed by atoms with Crippen molar-refractivity contribution in [3.05, 3.63) is 65.4 Å². The summed E-state index contributed by atoms with van der Waals surface area (Å²) in [6.45, 7) is 4.81. The van der Waals surface area contributed by atoms with Gasteiger partial charge in [-0.1, -0.05) is 0 Å². The van der Waals surface area contributed by atoms with Gasteiger partial charge in [0.05, 0.1) is 22.8 Å². The first kappa shape index (κ1) is 30.9. The number of aliphatic imine (C=N–C) groups is 2. The number of aromatic nitrogens is 1. The van der Waals surface area contributed by atoms with Crippen LogP contribution < -0.4 is 5.32 Å². The van der Waals surface area contributed by atoms with E-state index in [-0.39, 0.29) is 16.8 Å². The summed E-state index contributed by atoms with van der Waals surface area (Å²) in [4.78, 5) is 22.0. The minimum Gasteiger partial charge on any atom is -0.351 e. The second-order valence-corrected chi connectivity index (χ2v) is 10.6. The molecule has 40 heavy (non-hydrogen) atoms. The largest absolute Gasteiger partial charge is 0.451 e. The summed E-state index contributed by atoms with van der Waals surface area (Å²) in [6.07, 6.45) is -5.64. The number of amidine groups is 1. The van der Waals surface area contributed by atoms with Crippen molar-refractivity contribution in [1.29, 1.82) is 0 Å². The number of carbonyl (C=O) groups is 1. The van der Waals surface area contributed by atoms with E-state index >= 15 is 0 Å². The monoisotopic (exact) mass is 593 g/mol. The highest BCUT2D eigenvalue weighted by Gasteiger charge is 2.49. The molecule has 1 aliphatic rings. The number of alkyl halides is 4. The van der Waals surface area contributed by atoms with Gasteiger partial charge in [0.2, 0.25) is 21.8 Å². The lowest BCUT2D eigenvalue weighted by Gasteiger charge is -2.27. The highest BCUT2D eigenvalue weighted by molar-refractivity contribution is 7.89. The third kappa shape index (κ3) is 6.55. The molecule has 0 bridgehead atoms. The number of hydrogen-bond donors (Lipinski definition) is 1. The van der Waals surface area contributed by atoms with Crippen LogP contribution in [0.4, 0.5) is 30.7 Å². The van der Waals surface area contributed by atoms with E-state index in [1.807, 2.05) is 0 Å². The van der Waals surface area contributed by atoms with Gasteiger partial charge < -0.3 is 5.32 Å². The van der Waals surface area contributed by atoms with Gasteiger partial charge in [0.25, 0.3) is 0 Å². The van der Waals surface area contributed by atoms with Crippen LogP contribution in [-0.4, -0.2) is 60.6 Å². The van der Waals surface area contributed by atoms with E-state index in [0.29, 0.717) is 16.4 Å². The minimum atomic E-state index is -4.85. The van der Waals surface area contributed by atoms with Crippen LogP contribution in [0.5, 0.6) is 0 Å². The second-order valence-electron chi connectivity index (χ2n) is 8.72. The summed E-state index contributed by atoms with van der Waals surface area (Å²) < 4.78 is 121. The smallest absolute Gasteiger partial charge is 0.351 e. The molecule has 3 atom stereocenters. The maximum atomic E-state index is 14.6. The Bertz CT molecular complexity index is 1480. The Kier molecular flexibility index (Phi) is 9.14.